The molecule has 58 heavy (non-hydrogen) atoms. The van der Waals surface area contributed by atoms with Gasteiger partial charge in [0.15, 0.2) is 6.10 Å². The van der Waals surface area contributed by atoms with Crippen LogP contribution < -0.4 is 0 Å². The number of carbonyl (C=O) groups excluding carboxylic acids is 2. The Morgan fingerprint density at radius 1 is 0.414 bits per heavy atom. The summed E-state index contributed by atoms with van der Waals surface area (Å²) >= 11 is 0. The second-order valence-corrected chi connectivity index (χ2v) is 14.6. The van der Waals surface area contributed by atoms with E-state index in [4.69, 9.17) is 14.2 Å². The summed E-state index contributed by atoms with van der Waals surface area (Å²) in [6, 6.07) is 0. The summed E-state index contributed by atoms with van der Waals surface area (Å²) in [5.41, 5.74) is 0. The summed E-state index contributed by atoms with van der Waals surface area (Å²) in [6.45, 7) is 7.37. The highest BCUT2D eigenvalue weighted by Crippen LogP contribution is 2.10. The summed E-state index contributed by atoms with van der Waals surface area (Å²) in [7, 11) is 0. The fraction of sp³-hybridized carbons (Fsp3) is 0.585. The van der Waals surface area contributed by atoms with E-state index < -0.39 is 6.10 Å². The lowest BCUT2D eigenvalue weighted by Crippen LogP contribution is -2.30. The van der Waals surface area contributed by atoms with Gasteiger partial charge in [0.25, 0.3) is 0 Å². The van der Waals surface area contributed by atoms with E-state index in [1.807, 2.05) is 12.2 Å². The molecule has 0 aliphatic heterocycles. The van der Waals surface area contributed by atoms with Gasteiger partial charge in [-0.05, 0) is 103 Å². The van der Waals surface area contributed by atoms with Crippen LogP contribution in [0, 0.1) is 0 Å². The molecule has 1 unspecified atom stereocenters. The maximum atomic E-state index is 12.7. The van der Waals surface area contributed by atoms with Crippen molar-refractivity contribution in [3.05, 3.63) is 122 Å². The van der Waals surface area contributed by atoms with Crippen LogP contribution >= 0.6 is 0 Å². The second kappa shape index (κ2) is 47.7. The monoisotopic (exact) mass is 801 g/mol. The van der Waals surface area contributed by atoms with Crippen LogP contribution in [0.1, 0.15) is 175 Å². The molecule has 0 aromatic heterocycles. The number of ether oxygens (including phenoxy) is 3. The molecule has 0 spiro atoms. The van der Waals surface area contributed by atoms with Gasteiger partial charge < -0.3 is 14.2 Å². The Morgan fingerprint density at radius 3 is 1.34 bits per heavy atom. The van der Waals surface area contributed by atoms with E-state index in [1.54, 1.807) is 0 Å². The molecule has 0 aromatic carbocycles. The van der Waals surface area contributed by atoms with Crippen LogP contribution in [0.25, 0.3) is 0 Å². The number of rotatable bonds is 40. The molecule has 0 rings (SSSR count). The van der Waals surface area contributed by atoms with Crippen molar-refractivity contribution in [1.29, 1.82) is 0 Å². The van der Waals surface area contributed by atoms with Crippen LogP contribution in [0.15, 0.2) is 122 Å². The Bertz CT molecular complexity index is 1220. The van der Waals surface area contributed by atoms with Crippen LogP contribution in [0.2, 0.25) is 0 Å². The van der Waals surface area contributed by atoms with Gasteiger partial charge in [-0.25, -0.2) is 0 Å². The van der Waals surface area contributed by atoms with E-state index in [2.05, 4.69) is 130 Å². The minimum Gasteiger partial charge on any atom is -0.461 e. The Kier molecular flexibility index (Phi) is 44.6. The molecule has 1 atom stereocenters. The molecular formula is C53H84O5. The number of unbranched alkanes of at least 4 members (excludes halogenated alkanes) is 10. The molecule has 0 radical (unpaired) electrons. The molecule has 326 valence electrons. The third-order valence-corrected chi connectivity index (χ3v) is 9.00. The molecule has 5 nitrogen and oxygen atoms in total. The number of allylic oxidation sites excluding steroid dienone is 19. The Morgan fingerprint density at radius 2 is 0.828 bits per heavy atom. The van der Waals surface area contributed by atoms with E-state index in [9.17, 15) is 9.59 Å². The molecule has 0 N–H and O–H groups in total. The second-order valence-electron chi connectivity index (χ2n) is 14.6. The molecule has 0 amide bonds. The number of esters is 2. The van der Waals surface area contributed by atoms with Gasteiger partial charge in [0.05, 0.1) is 13.0 Å². The first-order chi connectivity index (χ1) is 28.6. The summed E-state index contributed by atoms with van der Waals surface area (Å²) < 4.78 is 17.2. The van der Waals surface area contributed by atoms with Crippen LogP contribution in [0.3, 0.4) is 0 Å². The van der Waals surface area contributed by atoms with Crippen molar-refractivity contribution in [3.63, 3.8) is 0 Å². The SMILES string of the molecule is CC/C=C\C/C=C\C/C=C\C/C=C\C/C=C\CC(=O)OCC(COCCCCCCCC/C=C\CCCC)OC(=O)CCCC/C=C\C/C=C\C/C=C\C/C=C\CC. The highest BCUT2D eigenvalue weighted by molar-refractivity contribution is 5.71. The zero-order valence-electron chi connectivity index (χ0n) is 37.3. The number of carbonyl (C=O) groups is 2. The Labute approximate surface area is 356 Å². The summed E-state index contributed by atoms with van der Waals surface area (Å²) in [5.74, 6) is -0.607. The number of hydrogen-bond donors (Lipinski definition) is 0. The Hall–Kier alpha value is -3.70. The van der Waals surface area contributed by atoms with Crippen molar-refractivity contribution in [3.8, 4) is 0 Å². The molecule has 5 heteroatoms. The highest BCUT2D eigenvalue weighted by atomic mass is 16.6. The first kappa shape index (κ1) is 54.3. The molecular weight excluding hydrogens is 717 g/mol. The van der Waals surface area contributed by atoms with Gasteiger partial charge in [-0.2, -0.15) is 0 Å². The lowest BCUT2D eigenvalue weighted by atomic mass is 10.1. The fourth-order valence-electron chi connectivity index (χ4n) is 5.61. The van der Waals surface area contributed by atoms with Crippen LogP contribution in [0.5, 0.6) is 0 Å². The minimum atomic E-state index is -0.607. The molecule has 0 bridgehead atoms. The summed E-state index contributed by atoms with van der Waals surface area (Å²) in [4.78, 5) is 25.2. The van der Waals surface area contributed by atoms with E-state index in [1.165, 1.54) is 51.4 Å². The maximum Gasteiger partial charge on any atom is 0.309 e. The van der Waals surface area contributed by atoms with Gasteiger partial charge in [-0.15, -0.1) is 0 Å². The zero-order chi connectivity index (χ0) is 42.1. The predicted octanol–water partition coefficient (Wildman–Crippen LogP) is 15.4. The average molecular weight is 801 g/mol. The Balaban J connectivity index is 4.51. The topological polar surface area (TPSA) is 61.8 Å². The first-order valence-electron chi connectivity index (χ1n) is 23.1. The van der Waals surface area contributed by atoms with Gasteiger partial charge >= 0.3 is 11.9 Å². The first-order valence-corrected chi connectivity index (χ1v) is 23.1. The molecule has 0 aliphatic rings. The third kappa shape index (κ3) is 45.0. The van der Waals surface area contributed by atoms with Crippen LogP contribution in [0.4, 0.5) is 0 Å². The molecule has 0 fully saturated rings. The molecule has 0 saturated heterocycles. The summed E-state index contributed by atoms with van der Waals surface area (Å²) in [5, 5.41) is 0. The smallest absolute Gasteiger partial charge is 0.309 e. The lowest BCUT2D eigenvalue weighted by Gasteiger charge is -2.18. The molecule has 0 saturated carbocycles. The average Bonchev–Trinajstić information content (AvgIpc) is 3.22. The van der Waals surface area contributed by atoms with Crippen molar-refractivity contribution in [2.45, 2.75) is 181 Å². The van der Waals surface area contributed by atoms with Crippen molar-refractivity contribution in [2.75, 3.05) is 19.8 Å². The van der Waals surface area contributed by atoms with Gasteiger partial charge in [0.2, 0.25) is 0 Å². The fourth-order valence-corrected chi connectivity index (χ4v) is 5.61. The van der Waals surface area contributed by atoms with Gasteiger partial charge in [-0.1, -0.05) is 181 Å². The van der Waals surface area contributed by atoms with Gasteiger partial charge in [0.1, 0.15) is 6.61 Å². The quantitative estimate of drug-likeness (QED) is 0.0351. The zero-order valence-corrected chi connectivity index (χ0v) is 37.3. The lowest BCUT2D eigenvalue weighted by molar-refractivity contribution is -0.162. The van der Waals surface area contributed by atoms with E-state index in [0.717, 1.165) is 89.9 Å². The minimum absolute atomic E-state index is 0.00409. The largest absolute Gasteiger partial charge is 0.461 e. The van der Waals surface area contributed by atoms with E-state index in [-0.39, 0.29) is 31.6 Å². The summed E-state index contributed by atoms with van der Waals surface area (Å²) in [6.07, 6.45) is 66.5. The van der Waals surface area contributed by atoms with Crippen molar-refractivity contribution in [2.24, 2.45) is 0 Å². The van der Waals surface area contributed by atoms with E-state index in [0.29, 0.717) is 13.0 Å². The molecule has 0 aliphatic carbocycles. The number of hydrogen-bond acceptors (Lipinski definition) is 5. The van der Waals surface area contributed by atoms with Crippen LogP contribution in [-0.4, -0.2) is 37.9 Å². The standard InChI is InChI=1S/C53H84O5/c1-4-7-10-13-16-19-22-25-27-29-31-34-37-40-43-46-52(54)57-50-51(49-56-48-45-42-39-36-33-24-21-18-15-12-9-6-3)58-53(55)47-44-41-38-35-32-30-28-26-23-20-17-14-11-8-5-2/h7-8,10-11,15-20,25-28,31-32,34-35,40,43,51H,4-6,9,12-14,21-24,29-30,33,36-39,41-42,44-50H2,1-3H3/b10-7-,11-8-,18-15-,19-16-,20-17-,27-25-,28-26-,34-31-,35-32-,43-40-. The maximum absolute atomic E-state index is 12.7. The van der Waals surface area contributed by atoms with Crippen molar-refractivity contribution >= 4 is 11.9 Å². The van der Waals surface area contributed by atoms with Gasteiger partial charge in [-0.3, -0.25) is 9.59 Å². The van der Waals surface area contributed by atoms with E-state index >= 15 is 0 Å². The van der Waals surface area contributed by atoms with Gasteiger partial charge in [0, 0.05) is 13.0 Å². The normalized spacial score (nSPS) is 13.4. The predicted molar refractivity (Wildman–Crippen MR) is 251 cm³/mol. The molecule has 0 aromatic rings. The van der Waals surface area contributed by atoms with Crippen LogP contribution in [-0.2, 0) is 23.8 Å². The third-order valence-electron chi connectivity index (χ3n) is 9.00. The van der Waals surface area contributed by atoms with Crippen molar-refractivity contribution < 1.29 is 23.8 Å². The molecule has 0 heterocycles. The highest BCUT2D eigenvalue weighted by Gasteiger charge is 2.17. The van der Waals surface area contributed by atoms with Crippen molar-refractivity contribution in [1.82, 2.24) is 0 Å².